The molecule has 1 aliphatic heterocycles. The van der Waals surface area contributed by atoms with Gasteiger partial charge in [0, 0.05) is 42.0 Å². The lowest BCUT2D eigenvalue weighted by Crippen LogP contribution is -2.30. The van der Waals surface area contributed by atoms with Gasteiger partial charge in [-0.25, -0.2) is 9.82 Å². The van der Waals surface area contributed by atoms with Crippen molar-refractivity contribution in [1.29, 1.82) is 0 Å². The molecule has 0 radical (unpaired) electrons. The van der Waals surface area contributed by atoms with Crippen molar-refractivity contribution in [3.8, 4) is 0 Å². The summed E-state index contributed by atoms with van der Waals surface area (Å²) in [6, 6.07) is 9.71. The molecule has 1 saturated heterocycles. The molecule has 0 bridgehead atoms. The largest absolute Gasteiger partial charge is 0.371 e. The minimum Gasteiger partial charge on any atom is -0.371 e. The van der Waals surface area contributed by atoms with E-state index in [1.807, 2.05) is 0 Å². The van der Waals surface area contributed by atoms with Crippen molar-refractivity contribution in [3.63, 3.8) is 0 Å². The molecular formula is C19H19FN4O3. The number of carbonyl (C=O) groups is 1. The van der Waals surface area contributed by atoms with Gasteiger partial charge in [0.05, 0.1) is 11.1 Å². The van der Waals surface area contributed by atoms with Crippen molar-refractivity contribution < 1.29 is 14.1 Å². The fourth-order valence-electron chi connectivity index (χ4n) is 3.01. The first kappa shape index (κ1) is 18.5. The van der Waals surface area contributed by atoms with Crippen molar-refractivity contribution >= 4 is 23.5 Å². The van der Waals surface area contributed by atoms with E-state index in [9.17, 15) is 19.3 Å². The van der Waals surface area contributed by atoms with Crippen LogP contribution in [0.15, 0.2) is 47.6 Å². The average Bonchev–Trinajstić information content (AvgIpc) is 2.69. The van der Waals surface area contributed by atoms with E-state index < -0.39 is 16.6 Å². The topological polar surface area (TPSA) is 87.8 Å². The summed E-state index contributed by atoms with van der Waals surface area (Å²) in [6.07, 6.45) is 4.70. The molecule has 140 valence electrons. The summed E-state index contributed by atoms with van der Waals surface area (Å²) in [5.41, 5.74) is 4.00. The van der Waals surface area contributed by atoms with E-state index >= 15 is 0 Å². The van der Waals surface area contributed by atoms with Crippen molar-refractivity contribution in [1.82, 2.24) is 5.43 Å². The van der Waals surface area contributed by atoms with Crippen molar-refractivity contribution in [2.75, 3.05) is 18.0 Å². The first-order valence-electron chi connectivity index (χ1n) is 8.67. The molecule has 2 aromatic carbocycles. The maximum absolute atomic E-state index is 12.9. The molecule has 0 spiro atoms. The number of benzene rings is 2. The quantitative estimate of drug-likeness (QED) is 0.496. The Labute approximate surface area is 155 Å². The standard InChI is InChI=1S/C19H19FN4O3/c20-16-6-4-14(5-7-16)19(25)22-21-13-15-12-17(24(26)27)8-9-18(15)23-10-2-1-3-11-23/h4-9,12-13H,1-3,10-11H2,(H,22,25)/b21-13+. The third-order valence-corrected chi connectivity index (χ3v) is 4.39. The van der Waals surface area contributed by atoms with E-state index in [0.29, 0.717) is 5.56 Å². The Morgan fingerprint density at radius 2 is 1.85 bits per heavy atom. The minimum absolute atomic E-state index is 0.0397. The highest BCUT2D eigenvalue weighted by Crippen LogP contribution is 2.26. The van der Waals surface area contributed by atoms with Gasteiger partial charge in [0.15, 0.2) is 0 Å². The van der Waals surface area contributed by atoms with E-state index in [4.69, 9.17) is 0 Å². The van der Waals surface area contributed by atoms with Gasteiger partial charge in [-0.3, -0.25) is 14.9 Å². The van der Waals surface area contributed by atoms with Crippen LogP contribution in [0.2, 0.25) is 0 Å². The monoisotopic (exact) mass is 370 g/mol. The number of hydrogen-bond acceptors (Lipinski definition) is 5. The van der Waals surface area contributed by atoms with Gasteiger partial charge in [-0.15, -0.1) is 0 Å². The van der Waals surface area contributed by atoms with Gasteiger partial charge in [-0.1, -0.05) is 0 Å². The number of non-ortho nitro benzene ring substituents is 1. The third kappa shape index (κ3) is 4.66. The van der Waals surface area contributed by atoms with Crippen molar-refractivity contribution in [2.45, 2.75) is 19.3 Å². The lowest BCUT2D eigenvalue weighted by molar-refractivity contribution is -0.384. The number of piperidine rings is 1. The van der Waals surface area contributed by atoms with E-state index in [2.05, 4.69) is 15.4 Å². The Morgan fingerprint density at radius 1 is 1.15 bits per heavy atom. The van der Waals surface area contributed by atoms with E-state index in [-0.39, 0.29) is 11.3 Å². The van der Waals surface area contributed by atoms with Crippen molar-refractivity contribution in [3.05, 3.63) is 69.5 Å². The number of nitrogens with one attached hydrogen (secondary N) is 1. The van der Waals surface area contributed by atoms with Gasteiger partial charge < -0.3 is 4.90 Å². The molecule has 2 aromatic rings. The zero-order valence-corrected chi connectivity index (χ0v) is 14.6. The SMILES string of the molecule is O=C(N/N=C/c1cc([N+](=O)[O-])ccc1N1CCCCC1)c1ccc(F)cc1. The molecule has 7 nitrogen and oxygen atoms in total. The maximum Gasteiger partial charge on any atom is 0.271 e. The number of rotatable bonds is 5. The number of carbonyl (C=O) groups excluding carboxylic acids is 1. The molecule has 1 fully saturated rings. The van der Waals surface area contributed by atoms with Crippen LogP contribution >= 0.6 is 0 Å². The number of amides is 1. The summed E-state index contributed by atoms with van der Waals surface area (Å²) in [7, 11) is 0. The molecule has 3 rings (SSSR count). The lowest BCUT2D eigenvalue weighted by Gasteiger charge is -2.29. The highest BCUT2D eigenvalue weighted by molar-refractivity contribution is 5.95. The summed E-state index contributed by atoms with van der Waals surface area (Å²) in [6.45, 7) is 1.75. The summed E-state index contributed by atoms with van der Waals surface area (Å²) < 4.78 is 12.9. The van der Waals surface area contributed by atoms with Crippen molar-refractivity contribution in [2.24, 2.45) is 5.10 Å². The first-order valence-corrected chi connectivity index (χ1v) is 8.67. The normalized spacial score (nSPS) is 14.3. The molecule has 0 saturated carbocycles. The number of anilines is 1. The molecule has 1 amide bonds. The molecule has 8 heteroatoms. The van der Waals surface area contributed by atoms with Gasteiger partial charge in [-0.2, -0.15) is 5.10 Å². The molecule has 0 aromatic heterocycles. The van der Waals surface area contributed by atoms with Gasteiger partial charge in [-0.05, 0) is 49.6 Å². The molecular weight excluding hydrogens is 351 g/mol. The van der Waals surface area contributed by atoms with Crippen LogP contribution in [0.5, 0.6) is 0 Å². The fraction of sp³-hybridized carbons (Fsp3) is 0.263. The van der Waals surface area contributed by atoms with Crippen LogP contribution in [-0.4, -0.2) is 30.1 Å². The Kier molecular flexibility index (Phi) is 5.75. The Hall–Kier alpha value is -3.29. The number of nitrogens with zero attached hydrogens (tertiary/aromatic N) is 3. The Morgan fingerprint density at radius 3 is 2.52 bits per heavy atom. The Balaban J connectivity index is 1.79. The van der Waals surface area contributed by atoms with Crippen LogP contribution in [0.3, 0.4) is 0 Å². The van der Waals surface area contributed by atoms with Crippen LogP contribution in [0, 0.1) is 15.9 Å². The average molecular weight is 370 g/mol. The second kappa shape index (κ2) is 8.39. The van der Waals surface area contributed by atoms with Crippen LogP contribution in [0.1, 0.15) is 35.2 Å². The zero-order valence-electron chi connectivity index (χ0n) is 14.6. The third-order valence-electron chi connectivity index (χ3n) is 4.39. The molecule has 0 atom stereocenters. The number of hydrazone groups is 1. The maximum atomic E-state index is 12.9. The summed E-state index contributed by atoms with van der Waals surface area (Å²) in [4.78, 5) is 24.8. The number of hydrogen-bond donors (Lipinski definition) is 1. The van der Waals surface area contributed by atoms with E-state index in [1.54, 1.807) is 6.07 Å². The van der Waals surface area contributed by atoms with Gasteiger partial charge in [0.2, 0.25) is 0 Å². The molecule has 1 heterocycles. The second-order valence-electron chi connectivity index (χ2n) is 6.25. The van der Waals surface area contributed by atoms with Gasteiger partial charge >= 0.3 is 0 Å². The van der Waals surface area contributed by atoms with Crippen LogP contribution in [-0.2, 0) is 0 Å². The highest BCUT2D eigenvalue weighted by atomic mass is 19.1. The van der Waals surface area contributed by atoms with E-state index in [0.717, 1.165) is 31.6 Å². The van der Waals surface area contributed by atoms with Gasteiger partial charge in [0.1, 0.15) is 5.82 Å². The number of nitro benzene ring substituents is 1. The molecule has 0 unspecified atom stereocenters. The van der Waals surface area contributed by atoms with E-state index in [1.165, 1.54) is 49.0 Å². The minimum atomic E-state index is -0.490. The molecule has 1 N–H and O–H groups in total. The van der Waals surface area contributed by atoms with Crippen LogP contribution < -0.4 is 10.3 Å². The number of halogens is 1. The highest BCUT2D eigenvalue weighted by Gasteiger charge is 2.17. The Bertz CT molecular complexity index is 862. The number of nitro groups is 1. The van der Waals surface area contributed by atoms with Crippen LogP contribution in [0.25, 0.3) is 0 Å². The molecule has 1 aliphatic rings. The smallest absolute Gasteiger partial charge is 0.271 e. The fourth-order valence-corrected chi connectivity index (χ4v) is 3.01. The lowest BCUT2D eigenvalue weighted by atomic mass is 10.1. The predicted molar refractivity (Wildman–Crippen MR) is 101 cm³/mol. The second-order valence-corrected chi connectivity index (χ2v) is 6.25. The van der Waals surface area contributed by atoms with Crippen LogP contribution in [0.4, 0.5) is 15.8 Å². The predicted octanol–water partition coefficient (Wildman–Crippen LogP) is 3.49. The summed E-state index contributed by atoms with van der Waals surface area (Å²) >= 11 is 0. The van der Waals surface area contributed by atoms with Gasteiger partial charge in [0.25, 0.3) is 11.6 Å². The molecule has 27 heavy (non-hydrogen) atoms. The first-order chi connectivity index (χ1) is 13.0. The zero-order chi connectivity index (χ0) is 19.2. The molecule has 0 aliphatic carbocycles. The summed E-state index contributed by atoms with van der Waals surface area (Å²) in [5, 5.41) is 15.0. The summed E-state index contributed by atoms with van der Waals surface area (Å²) in [5.74, 6) is -0.922.